The average molecular weight is 535 g/mol. The van der Waals surface area contributed by atoms with Gasteiger partial charge in [-0.3, -0.25) is 9.52 Å². The molecule has 0 bridgehead atoms. The molecule has 1 aromatic carbocycles. The number of halogens is 4. The molecule has 31 heavy (non-hydrogen) atoms. The Morgan fingerprint density at radius 3 is 2.48 bits per heavy atom. The highest BCUT2D eigenvalue weighted by molar-refractivity contribution is 9.09. The van der Waals surface area contributed by atoms with Crippen LogP contribution in [0.1, 0.15) is 21.0 Å². The van der Waals surface area contributed by atoms with Crippen LogP contribution in [0.25, 0.3) is 0 Å². The number of carbonyl (C=O) groups excluding carboxylic acids is 1. The number of sulfonamides is 1. The number of aromatic nitrogens is 3. The van der Waals surface area contributed by atoms with Gasteiger partial charge in [-0.15, -0.1) is 0 Å². The first-order valence-corrected chi connectivity index (χ1v) is 12.1. The topological polar surface area (TPSA) is 94.0 Å². The highest BCUT2D eigenvalue weighted by Crippen LogP contribution is 2.31. The van der Waals surface area contributed by atoms with Crippen LogP contribution >= 0.6 is 27.7 Å². The number of benzene rings is 1. The quantitative estimate of drug-likeness (QED) is 0.212. The summed E-state index contributed by atoms with van der Waals surface area (Å²) in [7, 11) is -3.48. The van der Waals surface area contributed by atoms with E-state index in [4.69, 9.17) is 0 Å². The number of alkyl halides is 1. The molecule has 164 valence electrons. The lowest BCUT2D eigenvalue weighted by atomic mass is 10.1. The van der Waals surface area contributed by atoms with Crippen LogP contribution in [-0.4, -0.2) is 35.0 Å². The summed E-state index contributed by atoms with van der Waals surface area (Å²) in [4.78, 5) is 18.8. The van der Waals surface area contributed by atoms with E-state index < -0.39 is 54.4 Å². The van der Waals surface area contributed by atoms with Crippen LogP contribution in [-0.2, 0) is 17.1 Å². The third-order valence-corrected chi connectivity index (χ3v) is 6.98. The molecule has 0 aliphatic rings. The zero-order valence-electron chi connectivity index (χ0n) is 15.9. The Morgan fingerprint density at radius 1 is 1.23 bits per heavy atom. The fourth-order valence-corrected chi connectivity index (χ4v) is 4.75. The number of carbonyl (C=O) groups is 1. The first-order chi connectivity index (χ1) is 14.6. The minimum absolute atomic E-state index is 0.278. The van der Waals surface area contributed by atoms with Crippen LogP contribution in [0.2, 0.25) is 0 Å². The smallest absolute Gasteiger partial charge is 0.267 e. The average Bonchev–Trinajstić information content (AvgIpc) is 2.98. The van der Waals surface area contributed by atoms with Gasteiger partial charge in [0.05, 0.1) is 5.69 Å². The van der Waals surface area contributed by atoms with E-state index in [0.29, 0.717) is 5.16 Å². The van der Waals surface area contributed by atoms with Gasteiger partial charge in [0.25, 0.3) is 10.0 Å². The molecular formula is C18H14BrF3N4O3S2. The van der Waals surface area contributed by atoms with Crippen molar-refractivity contribution in [3.05, 3.63) is 65.5 Å². The van der Waals surface area contributed by atoms with E-state index in [9.17, 15) is 26.4 Å². The second-order valence-corrected chi connectivity index (χ2v) is 9.48. The number of nitrogens with zero attached hydrogens (tertiary/aromatic N) is 3. The summed E-state index contributed by atoms with van der Waals surface area (Å²) in [5, 5.41) is 0.405. The van der Waals surface area contributed by atoms with Gasteiger partial charge in [0.1, 0.15) is 27.8 Å². The van der Waals surface area contributed by atoms with E-state index in [0.717, 1.165) is 29.0 Å². The highest BCUT2D eigenvalue weighted by Gasteiger charge is 2.31. The molecule has 7 nitrogen and oxygen atoms in total. The summed E-state index contributed by atoms with van der Waals surface area (Å²) >= 11 is 4.43. The number of aryl methyl sites for hydroxylation is 1. The Labute approximate surface area is 188 Å². The largest absolute Gasteiger partial charge is 0.343 e. The van der Waals surface area contributed by atoms with Gasteiger partial charge in [-0.2, -0.15) is 0 Å². The zero-order valence-corrected chi connectivity index (χ0v) is 19.2. The molecule has 2 heterocycles. The van der Waals surface area contributed by atoms with E-state index in [1.165, 1.54) is 31.1 Å². The van der Waals surface area contributed by atoms with Crippen LogP contribution in [0.3, 0.4) is 0 Å². The molecule has 1 unspecified atom stereocenters. The number of hydrogen-bond acceptors (Lipinski definition) is 6. The standard InChI is InChI=1S/C18H14BrF3N4O3S2/c1-26-8-12(25-31(28,29)17-9(20)4-3-5-10(17)21)14(22)15(26)16(27)13(19)11-6-7-23-18(24-11)30-2/h3-8,13,25H,1-2H3. The fourth-order valence-electron chi connectivity index (χ4n) is 2.73. The number of Topliss-reactive ketones (excluding diaryl/α,β-unsaturated/α-hetero) is 1. The summed E-state index contributed by atoms with van der Waals surface area (Å²) < 4.78 is 70.5. The lowest BCUT2D eigenvalue weighted by Gasteiger charge is -2.10. The molecule has 0 saturated carbocycles. The van der Waals surface area contributed by atoms with Gasteiger partial charge in [0.2, 0.25) is 5.78 Å². The molecule has 0 spiro atoms. The summed E-state index contributed by atoms with van der Waals surface area (Å²) in [5.74, 6) is -4.62. The fraction of sp³-hybridized carbons (Fsp3) is 0.167. The number of ketones is 1. The second-order valence-electron chi connectivity index (χ2n) is 6.17. The SMILES string of the molecule is CSc1nccc(C(Br)C(=O)c2c(F)c(NS(=O)(=O)c3c(F)cccc3F)cn2C)n1. The van der Waals surface area contributed by atoms with Crippen molar-refractivity contribution >= 4 is 49.2 Å². The van der Waals surface area contributed by atoms with E-state index >= 15 is 0 Å². The third-order valence-electron chi connectivity index (χ3n) is 4.11. The number of hydrogen-bond donors (Lipinski definition) is 1. The highest BCUT2D eigenvalue weighted by atomic mass is 79.9. The van der Waals surface area contributed by atoms with E-state index in [2.05, 4.69) is 25.9 Å². The van der Waals surface area contributed by atoms with Crippen LogP contribution in [0, 0.1) is 17.5 Å². The summed E-state index contributed by atoms with van der Waals surface area (Å²) in [5.41, 5.74) is -0.820. The third kappa shape index (κ3) is 4.62. The van der Waals surface area contributed by atoms with Gasteiger partial charge in [-0.05, 0) is 24.5 Å². The van der Waals surface area contributed by atoms with Crippen LogP contribution in [0.4, 0.5) is 18.9 Å². The number of nitrogens with one attached hydrogen (secondary N) is 1. The maximum atomic E-state index is 15.0. The molecule has 3 rings (SSSR count). The van der Waals surface area contributed by atoms with Gasteiger partial charge >= 0.3 is 0 Å². The Morgan fingerprint density at radius 2 is 1.87 bits per heavy atom. The summed E-state index contributed by atoms with van der Waals surface area (Å²) in [6, 6.07) is 3.99. The minimum atomic E-state index is -4.81. The Hall–Kier alpha value is -2.38. The van der Waals surface area contributed by atoms with Crippen LogP contribution in [0.5, 0.6) is 0 Å². The van der Waals surface area contributed by atoms with Gasteiger partial charge in [0, 0.05) is 19.4 Å². The second kappa shape index (κ2) is 9.01. The van der Waals surface area contributed by atoms with Crippen molar-refractivity contribution in [2.75, 3.05) is 11.0 Å². The van der Waals surface area contributed by atoms with E-state index in [1.54, 1.807) is 11.0 Å². The van der Waals surface area contributed by atoms with Crippen molar-refractivity contribution < 1.29 is 26.4 Å². The first kappa shape index (κ1) is 23.3. The summed E-state index contributed by atoms with van der Waals surface area (Å²) in [6.07, 6.45) is 4.18. The van der Waals surface area contributed by atoms with Gasteiger partial charge < -0.3 is 4.57 Å². The number of rotatable bonds is 7. The van der Waals surface area contributed by atoms with Crippen LogP contribution in [0.15, 0.2) is 46.7 Å². The summed E-state index contributed by atoms with van der Waals surface area (Å²) in [6.45, 7) is 0. The Kier molecular flexibility index (Phi) is 6.76. The molecule has 0 radical (unpaired) electrons. The molecule has 0 fully saturated rings. The van der Waals surface area contributed by atoms with Gasteiger partial charge in [-0.1, -0.05) is 33.8 Å². The molecule has 0 aliphatic carbocycles. The maximum absolute atomic E-state index is 15.0. The Balaban J connectivity index is 1.96. The van der Waals surface area contributed by atoms with Crippen molar-refractivity contribution in [3.63, 3.8) is 0 Å². The van der Waals surface area contributed by atoms with Crippen molar-refractivity contribution in [3.8, 4) is 0 Å². The van der Waals surface area contributed by atoms with Gasteiger partial charge in [-0.25, -0.2) is 31.6 Å². The zero-order chi connectivity index (χ0) is 22.9. The minimum Gasteiger partial charge on any atom is -0.343 e. The molecule has 0 amide bonds. The predicted octanol–water partition coefficient (Wildman–Crippen LogP) is 4.07. The van der Waals surface area contributed by atoms with Crippen molar-refractivity contribution in [1.82, 2.24) is 14.5 Å². The lowest BCUT2D eigenvalue weighted by molar-refractivity contribution is 0.0978. The molecule has 1 N–H and O–H groups in total. The molecule has 2 aromatic heterocycles. The molecule has 1 atom stereocenters. The predicted molar refractivity (Wildman–Crippen MR) is 112 cm³/mol. The van der Waals surface area contributed by atoms with Crippen LogP contribution < -0.4 is 4.72 Å². The molecule has 0 aliphatic heterocycles. The number of thioether (sulfide) groups is 1. The van der Waals surface area contributed by atoms with E-state index in [1.807, 2.05) is 0 Å². The maximum Gasteiger partial charge on any atom is 0.267 e. The molecule has 3 aromatic rings. The van der Waals surface area contributed by atoms with Crippen molar-refractivity contribution in [1.29, 1.82) is 0 Å². The normalized spacial score (nSPS) is 12.6. The number of anilines is 1. The monoisotopic (exact) mass is 534 g/mol. The van der Waals surface area contributed by atoms with Crippen molar-refractivity contribution in [2.24, 2.45) is 7.05 Å². The van der Waals surface area contributed by atoms with Crippen molar-refractivity contribution in [2.45, 2.75) is 14.9 Å². The molecule has 13 heteroatoms. The molecular weight excluding hydrogens is 521 g/mol. The Bertz CT molecular complexity index is 1250. The molecule has 0 saturated heterocycles. The van der Waals surface area contributed by atoms with Gasteiger partial charge in [0.15, 0.2) is 15.9 Å². The van der Waals surface area contributed by atoms with E-state index in [-0.39, 0.29) is 5.69 Å². The first-order valence-electron chi connectivity index (χ1n) is 8.43. The lowest BCUT2D eigenvalue weighted by Crippen LogP contribution is -2.17.